The number of methoxy groups -OCH3 is 1. The topological polar surface area (TPSA) is 64.6 Å². The lowest BCUT2D eigenvalue weighted by atomic mass is 10.2. The predicted molar refractivity (Wildman–Crippen MR) is 75.8 cm³/mol. The zero-order chi connectivity index (χ0) is 15.0. The molecular formula is C14H16ClNO4. The summed E-state index contributed by atoms with van der Waals surface area (Å²) >= 11 is 5.94. The van der Waals surface area contributed by atoms with Crippen molar-refractivity contribution in [1.29, 1.82) is 0 Å². The number of rotatable bonds is 6. The Bertz CT molecular complexity index is 514. The van der Waals surface area contributed by atoms with Gasteiger partial charge in [-0.25, -0.2) is 4.79 Å². The average Bonchev–Trinajstić information content (AvgIpc) is 2.44. The van der Waals surface area contributed by atoms with Gasteiger partial charge in [-0.05, 0) is 24.6 Å². The minimum Gasteiger partial charge on any atom is -0.482 e. The Morgan fingerprint density at radius 1 is 1.40 bits per heavy atom. The second-order valence-electron chi connectivity index (χ2n) is 3.95. The molecule has 0 bridgehead atoms. The van der Waals surface area contributed by atoms with Crippen molar-refractivity contribution in [2.24, 2.45) is 0 Å². The van der Waals surface area contributed by atoms with Crippen molar-refractivity contribution < 1.29 is 19.1 Å². The van der Waals surface area contributed by atoms with Crippen LogP contribution in [0.25, 0.3) is 0 Å². The van der Waals surface area contributed by atoms with E-state index in [-0.39, 0.29) is 19.1 Å². The fourth-order valence-electron chi connectivity index (χ4n) is 1.31. The van der Waals surface area contributed by atoms with Crippen LogP contribution in [0.15, 0.2) is 30.4 Å². The van der Waals surface area contributed by atoms with Crippen molar-refractivity contribution in [3.8, 4) is 5.75 Å². The highest BCUT2D eigenvalue weighted by molar-refractivity contribution is 6.32. The fraction of sp³-hybridized carbons (Fsp3) is 0.286. The first-order chi connectivity index (χ1) is 9.52. The molecule has 0 saturated heterocycles. The van der Waals surface area contributed by atoms with E-state index < -0.39 is 5.97 Å². The van der Waals surface area contributed by atoms with Gasteiger partial charge in [0.1, 0.15) is 5.75 Å². The normalized spacial score (nSPS) is 10.3. The number of hydrogen-bond donors (Lipinski definition) is 1. The molecule has 0 atom stereocenters. The Balaban J connectivity index is 2.35. The summed E-state index contributed by atoms with van der Waals surface area (Å²) < 4.78 is 9.73. The molecule has 0 spiro atoms. The van der Waals surface area contributed by atoms with Crippen LogP contribution < -0.4 is 10.1 Å². The zero-order valence-electron chi connectivity index (χ0n) is 11.3. The van der Waals surface area contributed by atoms with E-state index in [1.54, 1.807) is 12.1 Å². The number of benzene rings is 1. The Labute approximate surface area is 122 Å². The Kier molecular flexibility index (Phi) is 6.59. The summed E-state index contributed by atoms with van der Waals surface area (Å²) in [6.45, 7) is 1.98. The van der Waals surface area contributed by atoms with E-state index in [0.717, 1.165) is 5.56 Å². The second kappa shape index (κ2) is 8.22. The lowest BCUT2D eigenvalue weighted by molar-refractivity contribution is -0.134. The number of carbonyl (C=O) groups excluding carboxylic acids is 2. The lowest BCUT2D eigenvalue weighted by Crippen LogP contribution is -2.29. The summed E-state index contributed by atoms with van der Waals surface area (Å²) in [5, 5.41) is 3.02. The first-order valence-corrected chi connectivity index (χ1v) is 6.31. The molecule has 1 aromatic rings. The van der Waals surface area contributed by atoms with Crippen LogP contribution in [0, 0.1) is 6.92 Å². The maximum absolute atomic E-state index is 11.5. The highest BCUT2D eigenvalue weighted by Gasteiger charge is 2.05. The molecule has 0 heterocycles. The number of nitrogens with one attached hydrogen (secondary N) is 1. The third-order valence-corrected chi connectivity index (χ3v) is 2.63. The van der Waals surface area contributed by atoms with Crippen molar-refractivity contribution in [3.63, 3.8) is 0 Å². The van der Waals surface area contributed by atoms with Crippen LogP contribution in [0.3, 0.4) is 0 Å². The monoisotopic (exact) mass is 297 g/mol. The number of hydrogen-bond acceptors (Lipinski definition) is 4. The molecule has 0 aliphatic carbocycles. The van der Waals surface area contributed by atoms with Gasteiger partial charge in [-0.3, -0.25) is 4.79 Å². The van der Waals surface area contributed by atoms with Crippen LogP contribution >= 0.6 is 11.6 Å². The summed E-state index contributed by atoms with van der Waals surface area (Å²) in [5.41, 5.74) is 0.991. The molecule has 0 fully saturated rings. The minimum atomic E-state index is -0.470. The molecule has 0 saturated carbocycles. The van der Waals surface area contributed by atoms with Gasteiger partial charge in [-0.2, -0.15) is 0 Å². The van der Waals surface area contributed by atoms with Gasteiger partial charge >= 0.3 is 5.97 Å². The molecule has 0 radical (unpaired) electrons. The summed E-state index contributed by atoms with van der Waals surface area (Å²) in [4.78, 5) is 22.3. The van der Waals surface area contributed by atoms with E-state index in [1.165, 1.54) is 19.3 Å². The van der Waals surface area contributed by atoms with Crippen LogP contribution in [0.2, 0.25) is 5.02 Å². The quantitative estimate of drug-likeness (QED) is 0.643. The number of halogens is 1. The number of ether oxygens (including phenoxy) is 2. The van der Waals surface area contributed by atoms with Crippen molar-refractivity contribution >= 4 is 23.5 Å². The molecule has 6 heteroatoms. The largest absolute Gasteiger partial charge is 0.482 e. The summed E-state index contributed by atoms with van der Waals surface area (Å²) in [5.74, 6) is -0.314. The Morgan fingerprint density at radius 3 is 2.85 bits per heavy atom. The standard InChI is InChI=1S/C14H16ClNO4/c1-10-5-6-11(15)12(8-10)20-9-13(17)16-7-3-4-14(18)19-2/h3-6,8H,7,9H2,1-2H3,(H,16,17)/b4-3+. The van der Waals surface area contributed by atoms with Gasteiger partial charge in [-0.1, -0.05) is 23.7 Å². The van der Waals surface area contributed by atoms with Crippen LogP contribution in [0.4, 0.5) is 0 Å². The first kappa shape index (κ1) is 16.0. The lowest BCUT2D eigenvalue weighted by Gasteiger charge is -2.08. The van der Waals surface area contributed by atoms with Crippen molar-refractivity contribution in [2.45, 2.75) is 6.92 Å². The molecule has 0 aliphatic rings. The van der Waals surface area contributed by atoms with Crippen LogP contribution in [0.5, 0.6) is 5.75 Å². The average molecular weight is 298 g/mol. The predicted octanol–water partition coefficient (Wildman–Crippen LogP) is 1.87. The van der Waals surface area contributed by atoms with E-state index in [9.17, 15) is 9.59 Å². The Morgan fingerprint density at radius 2 is 2.15 bits per heavy atom. The van der Waals surface area contributed by atoms with E-state index in [0.29, 0.717) is 10.8 Å². The number of aryl methyl sites for hydroxylation is 1. The van der Waals surface area contributed by atoms with E-state index >= 15 is 0 Å². The third kappa shape index (κ3) is 5.75. The van der Waals surface area contributed by atoms with E-state index in [4.69, 9.17) is 16.3 Å². The molecule has 1 rings (SSSR count). The van der Waals surface area contributed by atoms with E-state index in [1.807, 2.05) is 13.0 Å². The minimum absolute atomic E-state index is 0.144. The van der Waals surface area contributed by atoms with Crippen LogP contribution in [0.1, 0.15) is 5.56 Å². The maximum atomic E-state index is 11.5. The molecule has 5 nitrogen and oxygen atoms in total. The highest BCUT2D eigenvalue weighted by Crippen LogP contribution is 2.24. The number of amides is 1. The van der Waals surface area contributed by atoms with Crippen molar-refractivity contribution in [1.82, 2.24) is 5.32 Å². The number of carbonyl (C=O) groups is 2. The molecule has 0 aromatic heterocycles. The van der Waals surface area contributed by atoms with Crippen molar-refractivity contribution in [2.75, 3.05) is 20.3 Å². The van der Waals surface area contributed by atoms with Gasteiger partial charge in [0.05, 0.1) is 12.1 Å². The number of esters is 1. The molecule has 1 N–H and O–H groups in total. The van der Waals surface area contributed by atoms with Crippen LogP contribution in [-0.2, 0) is 14.3 Å². The summed E-state index contributed by atoms with van der Waals surface area (Å²) in [6.07, 6.45) is 2.72. The Hall–Kier alpha value is -2.01. The van der Waals surface area contributed by atoms with Gasteiger partial charge in [0.15, 0.2) is 6.61 Å². The molecule has 108 valence electrons. The highest BCUT2D eigenvalue weighted by atomic mass is 35.5. The fourth-order valence-corrected chi connectivity index (χ4v) is 1.48. The molecule has 0 unspecified atom stereocenters. The molecule has 0 aliphatic heterocycles. The van der Waals surface area contributed by atoms with Gasteiger partial charge < -0.3 is 14.8 Å². The SMILES string of the molecule is COC(=O)/C=C/CNC(=O)COc1cc(C)ccc1Cl. The molecule has 1 amide bonds. The van der Waals surface area contributed by atoms with Gasteiger partial charge in [0.25, 0.3) is 5.91 Å². The van der Waals surface area contributed by atoms with Gasteiger partial charge in [0.2, 0.25) is 0 Å². The smallest absolute Gasteiger partial charge is 0.330 e. The molecule has 1 aromatic carbocycles. The first-order valence-electron chi connectivity index (χ1n) is 5.93. The maximum Gasteiger partial charge on any atom is 0.330 e. The van der Waals surface area contributed by atoms with Gasteiger partial charge in [0, 0.05) is 12.6 Å². The molecular weight excluding hydrogens is 282 g/mol. The van der Waals surface area contributed by atoms with Gasteiger partial charge in [-0.15, -0.1) is 0 Å². The summed E-state index contributed by atoms with van der Waals surface area (Å²) in [6, 6.07) is 5.32. The second-order valence-corrected chi connectivity index (χ2v) is 4.36. The zero-order valence-corrected chi connectivity index (χ0v) is 12.1. The molecule has 20 heavy (non-hydrogen) atoms. The third-order valence-electron chi connectivity index (χ3n) is 2.32. The van der Waals surface area contributed by atoms with Crippen molar-refractivity contribution in [3.05, 3.63) is 40.9 Å². The van der Waals surface area contributed by atoms with Crippen LogP contribution in [-0.4, -0.2) is 32.1 Å². The van der Waals surface area contributed by atoms with E-state index in [2.05, 4.69) is 10.1 Å². The summed E-state index contributed by atoms with van der Waals surface area (Å²) in [7, 11) is 1.28.